The second kappa shape index (κ2) is 11.8. The van der Waals surface area contributed by atoms with E-state index in [9.17, 15) is 9.90 Å². The van der Waals surface area contributed by atoms with Gasteiger partial charge >= 0.3 is 0 Å². The van der Waals surface area contributed by atoms with E-state index in [1.807, 2.05) is 76.2 Å². The van der Waals surface area contributed by atoms with E-state index in [1.165, 1.54) is 5.69 Å². The molecule has 168 valence electrons. The van der Waals surface area contributed by atoms with Crippen molar-refractivity contribution in [2.75, 3.05) is 31.2 Å². The summed E-state index contributed by atoms with van der Waals surface area (Å²) < 4.78 is 5.32. The van der Waals surface area contributed by atoms with Crippen LogP contribution in [0.1, 0.15) is 62.0 Å². The molecule has 0 amide bonds. The zero-order valence-corrected chi connectivity index (χ0v) is 19.5. The minimum atomic E-state index is -0.634. The number of hydrogen-bond acceptors (Lipinski definition) is 4. The molecule has 1 N–H and O–H groups in total. The lowest BCUT2D eigenvalue weighted by molar-refractivity contribution is 0.0809. The summed E-state index contributed by atoms with van der Waals surface area (Å²) in [5.41, 5.74) is 4.75. The van der Waals surface area contributed by atoms with E-state index in [0.29, 0.717) is 12.8 Å². The minimum Gasteiger partial charge on any atom is -0.390 e. The standard InChI is InChI=1S/C14H19NO2.C13H18O/c1-2-3-14(16)12-4-6-13(7-5-12)15-8-10-17-11-9-15;1-10(2)12-7-5-11(6-8-12)9-13(3,4)14/h4-7H,2-3,8-11H2,1H3;5-8,14H,1,9H2,2-4H3. The molecule has 31 heavy (non-hydrogen) atoms. The van der Waals surface area contributed by atoms with Crippen LogP contribution in [0.4, 0.5) is 5.69 Å². The summed E-state index contributed by atoms with van der Waals surface area (Å²) in [6.07, 6.45) is 2.23. The molecule has 2 aromatic carbocycles. The van der Waals surface area contributed by atoms with Crippen molar-refractivity contribution < 1.29 is 14.6 Å². The highest BCUT2D eigenvalue weighted by molar-refractivity contribution is 5.96. The highest BCUT2D eigenvalue weighted by Crippen LogP contribution is 2.18. The topological polar surface area (TPSA) is 49.8 Å². The quantitative estimate of drug-likeness (QED) is 0.594. The third kappa shape index (κ3) is 8.68. The summed E-state index contributed by atoms with van der Waals surface area (Å²) in [6, 6.07) is 16.1. The number of aliphatic hydroxyl groups is 1. The molecule has 1 aliphatic rings. The van der Waals surface area contributed by atoms with Gasteiger partial charge < -0.3 is 14.7 Å². The first-order valence-electron chi connectivity index (χ1n) is 11.1. The molecule has 0 atom stereocenters. The largest absolute Gasteiger partial charge is 0.390 e. The van der Waals surface area contributed by atoms with E-state index in [4.69, 9.17) is 4.74 Å². The second-order valence-corrected chi connectivity index (χ2v) is 8.79. The number of Topliss-reactive ketones (excluding diaryl/α,β-unsaturated/α-hetero) is 1. The number of ketones is 1. The predicted octanol–water partition coefficient (Wildman–Crippen LogP) is 5.54. The number of rotatable bonds is 7. The Morgan fingerprint density at radius 3 is 2.06 bits per heavy atom. The maximum absolute atomic E-state index is 11.7. The van der Waals surface area contributed by atoms with Gasteiger partial charge in [-0.3, -0.25) is 4.79 Å². The molecule has 4 nitrogen and oxygen atoms in total. The SMILES string of the molecule is C=C(C)c1ccc(CC(C)(C)O)cc1.CCCC(=O)c1ccc(N2CCOCC2)cc1. The van der Waals surface area contributed by atoms with E-state index in [-0.39, 0.29) is 5.78 Å². The number of allylic oxidation sites excluding steroid dienone is 1. The van der Waals surface area contributed by atoms with Gasteiger partial charge in [0.2, 0.25) is 0 Å². The Bertz CT molecular complexity index is 826. The van der Waals surface area contributed by atoms with Crippen molar-refractivity contribution >= 4 is 17.0 Å². The third-order valence-electron chi connectivity index (χ3n) is 5.13. The van der Waals surface area contributed by atoms with Gasteiger partial charge in [-0.15, -0.1) is 0 Å². The van der Waals surface area contributed by atoms with E-state index in [0.717, 1.165) is 55.0 Å². The summed E-state index contributed by atoms with van der Waals surface area (Å²) in [5.74, 6) is 0.237. The van der Waals surface area contributed by atoms with Crippen molar-refractivity contribution in [2.45, 2.75) is 52.6 Å². The van der Waals surface area contributed by atoms with Crippen molar-refractivity contribution in [3.63, 3.8) is 0 Å². The molecule has 4 heteroatoms. The van der Waals surface area contributed by atoms with Gasteiger partial charge in [0.05, 0.1) is 18.8 Å². The molecular formula is C27H37NO3. The van der Waals surface area contributed by atoms with Crippen molar-refractivity contribution in [3.05, 3.63) is 71.8 Å². The van der Waals surface area contributed by atoms with Crippen LogP contribution < -0.4 is 4.90 Å². The lowest BCUT2D eigenvalue weighted by Gasteiger charge is -2.28. The Morgan fingerprint density at radius 1 is 1.03 bits per heavy atom. The highest BCUT2D eigenvalue weighted by atomic mass is 16.5. The summed E-state index contributed by atoms with van der Waals surface area (Å²) in [5, 5.41) is 9.63. The molecule has 0 saturated carbocycles. The molecule has 1 aliphatic heterocycles. The van der Waals surface area contributed by atoms with E-state index >= 15 is 0 Å². The monoisotopic (exact) mass is 423 g/mol. The van der Waals surface area contributed by atoms with E-state index < -0.39 is 5.60 Å². The molecule has 3 rings (SSSR count). The molecule has 0 unspecified atom stereocenters. The van der Waals surface area contributed by atoms with Crippen molar-refractivity contribution in [2.24, 2.45) is 0 Å². The molecule has 0 aliphatic carbocycles. The van der Waals surface area contributed by atoms with Crippen LogP contribution >= 0.6 is 0 Å². The van der Waals surface area contributed by atoms with Gasteiger partial charge in [0.1, 0.15) is 0 Å². The first-order chi connectivity index (χ1) is 14.7. The Hall–Kier alpha value is -2.43. The summed E-state index contributed by atoms with van der Waals surface area (Å²) in [4.78, 5) is 14.0. The Kier molecular flexibility index (Phi) is 9.47. The lowest BCUT2D eigenvalue weighted by Crippen LogP contribution is -2.36. The molecule has 1 saturated heterocycles. The first-order valence-corrected chi connectivity index (χ1v) is 11.1. The van der Waals surface area contributed by atoms with Crippen LogP contribution in [0.15, 0.2) is 55.1 Å². The van der Waals surface area contributed by atoms with Crippen molar-refractivity contribution in [3.8, 4) is 0 Å². The third-order valence-corrected chi connectivity index (χ3v) is 5.13. The van der Waals surface area contributed by atoms with Gasteiger partial charge in [-0.25, -0.2) is 0 Å². The number of carbonyl (C=O) groups is 1. The van der Waals surface area contributed by atoms with Crippen LogP contribution in [-0.2, 0) is 11.2 Å². The fourth-order valence-electron chi connectivity index (χ4n) is 3.46. The Labute approximate surface area is 187 Å². The Morgan fingerprint density at radius 2 is 1.58 bits per heavy atom. The second-order valence-electron chi connectivity index (χ2n) is 8.79. The number of nitrogens with zero attached hydrogens (tertiary/aromatic N) is 1. The van der Waals surface area contributed by atoms with Crippen molar-refractivity contribution in [1.29, 1.82) is 0 Å². The minimum absolute atomic E-state index is 0.237. The molecule has 0 spiro atoms. The van der Waals surface area contributed by atoms with Gasteiger partial charge in [-0.2, -0.15) is 0 Å². The molecule has 1 heterocycles. The smallest absolute Gasteiger partial charge is 0.162 e. The van der Waals surface area contributed by atoms with Crippen LogP contribution in [0.5, 0.6) is 0 Å². The summed E-state index contributed by atoms with van der Waals surface area (Å²) in [6.45, 7) is 15.0. The van der Waals surface area contributed by atoms with Gasteiger partial charge in [0.25, 0.3) is 0 Å². The molecule has 2 aromatic rings. The molecular weight excluding hydrogens is 386 g/mol. The zero-order chi connectivity index (χ0) is 22.9. The highest BCUT2D eigenvalue weighted by Gasteiger charge is 2.13. The normalized spacial score (nSPS) is 13.9. The lowest BCUT2D eigenvalue weighted by atomic mass is 9.97. The van der Waals surface area contributed by atoms with Gasteiger partial charge in [0.15, 0.2) is 5.78 Å². The fourth-order valence-corrected chi connectivity index (χ4v) is 3.46. The molecule has 1 fully saturated rings. The molecule has 0 aromatic heterocycles. The average Bonchev–Trinajstić information content (AvgIpc) is 2.74. The number of morpholine rings is 1. The first kappa shape index (κ1) is 24.8. The number of benzene rings is 2. The van der Waals surface area contributed by atoms with E-state index in [1.54, 1.807) is 0 Å². The van der Waals surface area contributed by atoms with Crippen LogP contribution in [0.25, 0.3) is 5.57 Å². The maximum Gasteiger partial charge on any atom is 0.162 e. The average molecular weight is 424 g/mol. The van der Waals surface area contributed by atoms with Gasteiger partial charge in [-0.05, 0) is 62.6 Å². The molecule has 0 bridgehead atoms. The number of ether oxygens (including phenoxy) is 1. The fraction of sp³-hybridized carbons (Fsp3) is 0.444. The maximum atomic E-state index is 11.7. The Balaban J connectivity index is 0.000000225. The van der Waals surface area contributed by atoms with Gasteiger partial charge in [0, 0.05) is 37.2 Å². The number of hydrogen-bond donors (Lipinski definition) is 1. The van der Waals surface area contributed by atoms with Gasteiger partial charge in [-0.1, -0.05) is 43.3 Å². The van der Waals surface area contributed by atoms with Crippen LogP contribution in [0.2, 0.25) is 0 Å². The van der Waals surface area contributed by atoms with Crippen LogP contribution in [-0.4, -0.2) is 42.8 Å². The number of anilines is 1. The zero-order valence-electron chi connectivity index (χ0n) is 19.5. The number of carbonyl (C=O) groups excluding carboxylic acids is 1. The van der Waals surface area contributed by atoms with Crippen LogP contribution in [0.3, 0.4) is 0 Å². The van der Waals surface area contributed by atoms with Crippen LogP contribution in [0, 0.1) is 0 Å². The van der Waals surface area contributed by atoms with Crippen molar-refractivity contribution in [1.82, 2.24) is 0 Å². The van der Waals surface area contributed by atoms with E-state index in [2.05, 4.69) is 11.5 Å². The predicted molar refractivity (Wildman–Crippen MR) is 130 cm³/mol. The molecule has 0 radical (unpaired) electrons. The summed E-state index contributed by atoms with van der Waals surface area (Å²) in [7, 11) is 0. The summed E-state index contributed by atoms with van der Waals surface area (Å²) >= 11 is 0.